The van der Waals surface area contributed by atoms with Crippen molar-refractivity contribution < 1.29 is 37.2 Å². The quantitative estimate of drug-likeness (QED) is 0.489. The number of carboxylic acid groups (broad SMARTS) is 1. The van der Waals surface area contributed by atoms with E-state index in [1.807, 2.05) is 0 Å². The van der Waals surface area contributed by atoms with E-state index in [2.05, 4.69) is 4.98 Å². The van der Waals surface area contributed by atoms with E-state index in [9.17, 15) is 18.3 Å². The Morgan fingerprint density at radius 3 is 2.60 bits per heavy atom. The summed E-state index contributed by atoms with van der Waals surface area (Å²) in [5.41, 5.74) is -0.533. The summed E-state index contributed by atoms with van der Waals surface area (Å²) >= 11 is 0. The average Bonchev–Trinajstić information content (AvgIpc) is 2.18. The molecule has 0 aromatic carbocycles. The van der Waals surface area contributed by atoms with E-state index in [0.29, 0.717) is 0 Å². The number of rotatable bonds is 3. The van der Waals surface area contributed by atoms with E-state index in [1.54, 1.807) is 0 Å². The fourth-order valence-electron chi connectivity index (χ4n) is 0.950. The van der Waals surface area contributed by atoms with E-state index in [4.69, 9.17) is 0 Å². The molecule has 0 amide bonds. The van der Waals surface area contributed by atoms with Crippen LogP contribution in [0.4, 0.5) is 0 Å². The number of carbonyl (C=O) groups is 1. The van der Waals surface area contributed by atoms with E-state index in [0.717, 1.165) is 0 Å². The Balaban J connectivity index is 0.00000196. The molecule has 1 rings (SSSR count). The minimum Gasteiger partial charge on any atom is -0.543 e. The Morgan fingerprint density at radius 2 is 2.13 bits per heavy atom. The van der Waals surface area contributed by atoms with Crippen LogP contribution in [0.2, 0.25) is 0 Å². The van der Waals surface area contributed by atoms with Gasteiger partial charge < -0.3 is 9.90 Å². The summed E-state index contributed by atoms with van der Waals surface area (Å²) in [4.78, 5) is 13.7. The van der Waals surface area contributed by atoms with Gasteiger partial charge in [0.25, 0.3) is 0 Å². The van der Waals surface area contributed by atoms with Crippen LogP contribution in [-0.2, 0) is 9.84 Å². The van der Waals surface area contributed by atoms with Gasteiger partial charge in [0, 0.05) is 6.20 Å². The molecule has 0 unspecified atom stereocenters. The number of hydrogen-bond acceptors (Lipinski definition) is 5. The predicted molar refractivity (Wildman–Crippen MR) is 46.3 cm³/mol. The first-order chi connectivity index (χ1) is 6.49. The minimum atomic E-state index is -3.56. The average molecular weight is 221 g/mol. The SMILES string of the molecule is CCS(=O)(=O)c1cccnc1C(=O)[O-].[Li+]. The molecule has 0 aliphatic carbocycles. The second-order valence-electron chi connectivity index (χ2n) is 2.54. The smallest absolute Gasteiger partial charge is 0.543 e. The number of nitrogens with zero attached hydrogens (tertiary/aromatic N) is 1. The predicted octanol–water partition coefficient (Wildman–Crippen LogP) is -3.76. The molecule has 76 valence electrons. The van der Waals surface area contributed by atoms with Gasteiger partial charge in [-0.3, -0.25) is 4.98 Å². The van der Waals surface area contributed by atoms with E-state index in [-0.39, 0.29) is 29.5 Å². The van der Waals surface area contributed by atoms with Gasteiger partial charge in [0.2, 0.25) is 0 Å². The summed E-state index contributed by atoms with van der Waals surface area (Å²) < 4.78 is 22.8. The molecule has 0 spiro atoms. The molecule has 0 bridgehead atoms. The number of sulfone groups is 1. The number of aromatic carboxylic acids is 1. The molecule has 0 radical (unpaired) electrons. The van der Waals surface area contributed by atoms with Crippen LogP contribution in [-0.4, -0.2) is 25.1 Å². The maximum absolute atomic E-state index is 11.4. The monoisotopic (exact) mass is 221 g/mol. The topological polar surface area (TPSA) is 87.2 Å². The van der Waals surface area contributed by atoms with Crippen LogP contribution in [0, 0.1) is 0 Å². The van der Waals surface area contributed by atoms with Gasteiger partial charge in [-0.05, 0) is 12.1 Å². The van der Waals surface area contributed by atoms with Crippen LogP contribution in [0.3, 0.4) is 0 Å². The van der Waals surface area contributed by atoms with Gasteiger partial charge in [-0.1, -0.05) is 6.92 Å². The first-order valence-electron chi connectivity index (χ1n) is 3.88. The van der Waals surface area contributed by atoms with Gasteiger partial charge in [0.15, 0.2) is 9.84 Å². The molecule has 0 saturated carbocycles. The zero-order chi connectivity index (χ0) is 10.8. The fourth-order valence-corrected chi connectivity index (χ4v) is 1.98. The molecule has 0 aliphatic rings. The van der Waals surface area contributed by atoms with Crippen molar-refractivity contribution in [1.29, 1.82) is 0 Å². The van der Waals surface area contributed by atoms with Crippen molar-refractivity contribution in [3.8, 4) is 0 Å². The van der Waals surface area contributed by atoms with Crippen LogP contribution < -0.4 is 24.0 Å². The molecule has 1 heterocycles. The molecule has 0 aliphatic heterocycles. The fraction of sp³-hybridized carbons (Fsp3) is 0.250. The molecule has 5 nitrogen and oxygen atoms in total. The van der Waals surface area contributed by atoms with Crippen LogP contribution in [0.25, 0.3) is 0 Å². The summed E-state index contributed by atoms with van der Waals surface area (Å²) in [5, 5.41) is 10.5. The Kier molecular flexibility index (Phi) is 5.01. The molecular formula is C8H8LiNO4S. The molecule has 0 fully saturated rings. The minimum absolute atomic E-state index is 0. The standard InChI is InChI=1S/C8H9NO4S.Li/c1-2-14(12,13)6-4-3-5-9-7(6)8(10)11;/h3-5H,2H2,1H3,(H,10,11);/q;+1/p-1. The van der Waals surface area contributed by atoms with Gasteiger partial charge in [0.1, 0.15) is 5.69 Å². The van der Waals surface area contributed by atoms with Crippen LogP contribution in [0.5, 0.6) is 0 Å². The Morgan fingerprint density at radius 1 is 1.53 bits per heavy atom. The summed E-state index contributed by atoms with van der Waals surface area (Å²) in [6, 6.07) is 2.58. The third-order valence-electron chi connectivity index (χ3n) is 1.68. The van der Waals surface area contributed by atoms with Crippen LogP contribution in [0.15, 0.2) is 23.2 Å². The van der Waals surface area contributed by atoms with Gasteiger partial charge in [0.05, 0.1) is 16.6 Å². The maximum Gasteiger partial charge on any atom is 1.00 e. The van der Waals surface area contributed by atoms with Gasteiger partial charge in [-0.2, -0.15) is 0 Å². The largest absolute Gasteiger partial charge is 1.00 e. The Labute approximate surface area is 99.6 Å². The third kappa shape index (κ3) is 3.06. The Hall–Kier alpha value is -0.833. The second-order valence-corrected chi connectivity index (χ2v) is 4.79. The molecule has 0 saturated heterocycles. The van der Waals surface area contributed by atoms with Crippen molar-refractivity contribution in [2.24, 2.45) is 0 Å². The van der Waals surface area contributed by atoms with Crippen molar-refractivity contribution in [3.05, 3.63) is 24.0 Å². The molecule has 1 aromatic rings. The molecule has 15 heavy (non-hydrogen) atoms. The second kappa shape index (κ2) is 5.31. The molecular weight excluding hydrogens is 213 g/mol. The van der Waals surface area contributed by atoms with Crippen molar-refractivity contribution in [2.45, 2.75) is 11.8 Å². The third-order valence-corrected chi connectivity index (χ3v) is 3.44. The van der Waals surface area contributed by atoms with Crippen LogP contribution >= 0.6 is 0 Å². The number of carboxylic acids is 1. The summed E-state index contributed by atoms with van der Waals surface area (Å²) in [5.74, 6) is -1.75. The van der Waals surface area contributed by atoms with Crippen molar-refractivity contribution in [2.75, 3.05) is 5.75 Å². The normalized spacial score (nSPS) is 10.5. The van der Waals surface area contributed by atoms with Crippen molar-refractivity contribution >= 4 is 15.8 Å². The Bertz CT molecular complexity index is 457. The zero-order valence-electron chi connectivity index (χ0n) is 8.43. The van der Waals surface area contributed by atoms with E-state index < -0.39 is 21.5 Å². The number of pyridine rings is 1. The van der Waals surface area contributed by atoms with Crippen molar-refractivity contribution in [3.63, 3.8) is 0 Å². The van der Waals surface area contributed by atoms with Crippen molar-refractivity contribution in [1.82, 2.24) is 4.98 Å². The van der Waals surface area contributed by atoms with Crippen LogP contribution in [0.1, 0.15) is 17.4 Å². The van der Waals surface area contributed by atoms with E-state index in [1.165, 1.54) is 25.3 Å². The first-order valence-corrected chi connectivity index (χ1v) is 5.53. The summed E-state index contributed by atoms with van der Waals surface area (Å²) in [6.07, 6.45) is 1.21. The first kappa shape index (κ1) is 14.2. The maximum atomic E-state index is 11.4. The van der Waals surface area contributed by atoms with E-state index >= 15 is 0 Å². The van der Waals surface area contributed by atoms with Gasteiger partial charge in [-0.25, -0.2) is 8.42 Å². The van der Waals surface area contributed by atoms with Gasteiger partial charge >= 0.3 is 18.9 Å². The number of hydrogen-bond donors (Lipinski definition) is 0. The molecule has 0 atom stereocenters. The summed E-state index contributed by atoms with van der Waals surface area (Å²) in [7, 11) is -3.56. The van der Waals surface area contributed by atoms with Gasteiger partial charge in [-0.15, -0.1) is 0 Å². The molecule has 1 aromatic heterocycles. The molecule has 0 N–H and O–H groups in total. The molecule has 7 heteroatoms. The number of aromatic nitrogens is 1. The zero-order valence-corrected chi connectivity index (χ0v) is 9.24. The summed E-state index contributed by atoms with van der Waals surface area (Å²) in [6.45, 7) is 1.43. The number of carbonyl (C=O) groups excluding carboxylic acids is 1.